The van der Waals surface area contributed by atoms with Gasteiger partial charge in [-0.05, 0) is 32.3 Å². The summed E-state index contributed by atoms with van der Waals surface area (Å²) in [5.41, 5.74) is 8.75. The maximum Gasteiger partial charge on any atom is 0.161 e. The van der Waals surface area contributed by atoms with Crippen molar-refractivity contribution in [1.29, 1.82) is 0 Å². The number of aryl methyl sites for hydroxylation is 1. The zero-order valence-electron chi connectivity index (χ0n) is 12.6. The fraction of sp³-hybridized carbons (Fsp3) is 0.667. The molecule has 2 N–H and O–H groups in total. The Morgan fingerprint density at radius 2 is 1.75 bits per heavy atom. The highest BCUT2D eigenvalue weighted by Gasteiger charge is 2.23. The van der Waals surface area contributed by atoms with Gasteiger partial charge in [-0.15, -0.1) is 5.10 Å². The van der Waals surface area contributed by atoms with E-state index in [0.29, 0.717) is 11.0 Å². The van der Waals surface area contributed by atoms with E-state index in [1.54, 1.807) is 0 Å². The third-order valence-electron chi connectivity index (χ3n) is 4.39. The number of anilines is 1. The first-order valence-corrected chi connectivity index (χ1v) is 7.79. The Morgan fingerprint density at radius 3 is 2.30 bits per heavy atom. The second-order valence-corrected chi connectivity index (χ2v) is 6.17. The molecule has 1 aliphatic carbocycles. The van der Waals surface area contributed by atoms with Crippen molar-refractivity contribution < 1.29 is 0 Å². The van der Waals surface area contributed by atoms with E-state index < -0.39 is 0 Å². The summed E-state index contributed by atoms with van der Waals surface area (Å²) in [5.74, 6) is 0.840. The molecule has 1 aromatic rings. The fourth-order valence-corrected chi connectivity index (χ4v) is 3.20. The molecule has 1 saturated carbocycles. The lowest BCUT2D eigenvalue weighted by Gasteiger charge is -2.30. The van der Waals surface area contributed by atoms with Crippen molar-refractivity contribution in [3.8, 4) is 0 Å². The van der Waals surface area contributed by atoms with Crippen LogP contribution in [0.25, 0.3) is 0 Å². The molecule has 2 rings (SSSR count). The van der Waals surface area contributed by atoms with Gasteiger partial charge >= 0.3 is 0 Å². The van der Waals surface area contributed by atoms with Crippen LogP contribution in [0.15, 0.2) is 0 Å². The molecule has 0 radical (unpaired) electrons. The Hall–Kier alpha value is -1.23. The Balaban J connectivity index is 2.35. The van der Waals surface area contributed by atoms with Gasteiger partial charge in [0.15, 0.2) is 5.82 Å². The highest BCUT2D eigenvalue weighted by Crippen LogP contribution is 2.28. The van der Waals surface area contributed by atoms with Crippen LogP contribution < -0.4 is 10.6 Å². The normalized spacial score (nSPS) is 16.8. The highest BCUT2D eigenvalue weighted by atomic mass is 32.1. The Bertz CT molecular complexity index is 493. The molecule has 1 aromatic heterocycles. The van der Waals surface area contributed by atoms with Gasteiger partial charge in [-0.25, -0.2) is 0 Å². The average Bonchev–Trinajstić information content (AvgIpc) is 2.69. The van der Waals surface area contributed by atoms with Crippen LogP contribution in [0.5, 0.6) is 0 Å². The standard InChI is InChI=1S/C15H24N4S/c1-10-11(2)17-18-15(13(10)14(16)20)19(3)12-8-6-4-5-7-9-12/h12H,4-9H2,1-3H3,(H2,16,20). The topological polar surface area (TPSA) is 55.0 Å². The fourth-order valence-electron chi connectivity index (χ4n) is 2.96. The number of hydrogen-bond donors (Lipinski definition) is 1. The van der Waals surface area contributed by atoms with Crippen LogP contribution in [0.2, 0.25) is 0 Å². The minimum atomic E-state index is 0.413. The summed E-state index contributed by atoms with van der Waals surface area (Å²) in [6, 6.07) is 0.516. The van der Waals surface area contributed by atoms with Crippen LogP contribution in [-0.2, 0) is 0 Å². The molecule has 20 heavy (non-hydrogen) atoms. The predicted molar refractivity (Wildman–Crippen MR) is 87.3 cm³/mol. The third kappa shape index (κ3) is 3.08. The SMILES string of the molecule is Cc1nnc(N(C)C2CCCCCC2)c(C(N)=S)c1C. The second kappa shape index (κ2) is 6.48. The third-order valence-corrected chi connectivity index (χ3v) is 4.59. The van der Waals surface area contributed by atoms with E-state index in [-0.39, 0.29) is 0 Å². The number of nitrogens with zero attached hydrogens (tertiary/aromatic N) is 3. The summed E-state index contributed by atoms with van der Waals surface area (Å²) in [6.45, 7) is 3.96. The quantitative estimate of drug-likeness (QED) is 0.686. The molecular formula is C15H24N4S. The highest BCUT2D eigenvalue weighted by molar-refractivity contribution is 7.80. The van der Waals surface area contributed by atoms with E-state index in [0.717, 1.165) is 22.6 Å². The van der Waals surface area contributed by atoms with E-state index in [4.69, 9.17) is 18.0 Å². The lowest BCUT2D eigenvalue weighted by atomic mass is 10.0. The molecule has 5 heteroatoms. The predicted octanol–water partition coefficient (Wildman–Crippen LogP) is 2.89. The van der Waals surface area contributed by atoms with Crippen molar-refractivity contribution in [2.45, 2.75) is 58.4 Å². The summed E-state index contributed by atoms with van der Waals surface area (Å²) in [7, 11) is 2.09. The Morgan fingerprint density at radius 1 is 1.15 bits per heavy atom. The molecule has 1 heterocycles. The summed E-state index contributed by atoms with van der Waals surface area (Å²) in [4.78, 5) is 2.65. The molecule has 0 amide bonds. The molecule has 1 fully saturated rings. The van der Waals surface area contributed by atoms with Crippen molar-refractivity contribution in [3.63, 3.8) is 0 Å². The number of rotatable bonds is 3. The lowest BCUT2D eigenvalue weighted by Crippen LogP contribution is -2.34. The van der Waals surface area contributed by atoms with E-state index in [2.05, 4.69) is 22.1 Å². The minimum absolute atomic E-state index is 0.413. The summed E-state index contributed by atoms with van der Waals surface area (Å²) in [6.07, 6.45) is 7.67. The summed E-state index contributed by atoms with van der Waals surface area (Å²) < 4.78 is 0. The maximum atomic E-state index is 5.92. The molecule has 0 aromatic carbocycles. The van der Waals surface area contributed by atoms with E-state index in [9.17, 15) is 0 Å². The van der Waals surface area contributed by atoms with Gasteiger partial charge in [0.1, 0.15) is 4.99 Å². The second-order valence-electron chi connectivity index (χ2n) is 5.73. The summed E-state index contributed by atoms with van der Waals surface area (Å²) in [5, 5.41) is 8.63. The molecule has 0 saturated heterocycles. The number of thiocarbonyl (C=S) groups is 1. The average molecular weight is 292 g/mol. The van der Waals surface area contributed by atoms with Crippen LogP contribution >= 0.6 is 12.2 Å². The van der Waals surface area contributed by atoms with Gasteiger partial charge in [-0.1, -0.05) is 37.9 Å². The van der Waals surface area contributed by atoms with Crippen molar-refractivity contribution in [1.82, 2.24) is 10.2 Å². The Kier molecular flexibility index (Phi) is 4.91. The minimum Gasteiger partial charge on any atom is -0.389 e. The monoisotopic (exact) mass is 292 g/mol. The molecule has 0 unspecified atom stereocenters. The Labute approximate surface area is 126 Å². The first kappa shape index (κ1) is 15.2. The van der Waals surface area contributed by atoms with Crippen molar-refractivity contribution in [2.24, 2.45) is 5.73 Å². The van der Waals surface area contributed by atoms with E-state index >= 15 is 0 Å². The molecule has 110 valence electrons. The van der Waals surface area contributed by atoms with Gasteiger partial charge in [0.2, 0.25) is 0 Å². The molecule has 0 aliphatic heterocycles. The van der Waals surface area contributed by atoms with Crippen LogP contribution in [-0.4, -0.2) is 28.3 Å². The van der Waals surface area contributed by atoms with Crippen molar-refractivity contribution in [2.75, 3.05) is 11.9 Å². The van der Waals surface area contributed by atoms with Gasteiger partial charge in [-0.3, -0.25) is 0 Å². The first-order valence-electron chi connectivity index (χ1n) is 7.39. The van der Waals surface area contributed by atoms with Crippen molar-refractivity contribution >= 4 is 23.0 Å². The maximum absolute atomic E-state index is 5.92. The van der Waals surface area contributed by atoms with Crippen LogP contribution in [0, 0.1) is 13.8 Å². The van der Waals surface area contributed by atoms with Crippen LogP contribution in [0.1, 0.15) is 55.3 Å². The van der Waals surface area contributed by atoms with Gasteiger partial charge in [0.05, 0.1) is 11.3 Å². The number of nitrogens with two attached hydrogens (primary N) is 1. The van der Waals surface area contributed by atoms with Crippen LogP contribution in [0.4, 0.5) is 5.82 Å². The van der Waals surface area contributed by atoms with Gasteiger partial charge < -0.3 is 10.6 Å². The lowest BCUT2D eigenvalue weighted by molar-refractivity contribution is 0.546. The summed E-state index contributed by atoms with van der Waals surface area (Å²) >= 11 is 5.23. The van der Waals surface area contributed by atoms with Gasteiger partial charge in [-0.2, -0.15) is 5.10 Å². The van der Waals surface area contributed by atoms with Gasteiger partial charge in [0.25, 0.3) is 0 Å². The van der Waals surface area contributed by atoms with E-state index in [1.807, 2.05) is 13.8 Å². The number of hydrogen-bond acceptors (Lipinski definition) is 4. The number of aromatic nitrogens is 2. The van der Waals surface area contributed by atoms with Gasteiger partial charge in [0, 0.05) is 13.1 Å². The zero-order valence-corrected chi connectivity index (χ0v) is 13.5. The molecule has 1 aliphatic rings. The molecule has 0 spiro atoms. The zero-order chi connectivity index (χ0) is 14.7. The molecule has 0 atom stereocenters. The molecule has 4 nitrogen and oxygen atoms in total. The van der Waals surface area contributed by atoms with Crippen molar-refractivity contribution in [3.05, 3.63) is 16.8 Å². The molecule has 0 bridgehead atoms. The first-order chi connectivity index (χ1) is 9.52. The molecular weight excluding hydrogens is 268 g/mol. The van der Waals surface area contributed by atoms with Crippen LogP contribution in [0.3, 0.4) is 0 Å². The van der Waals surface area contributed by atoms with E-state index in [1.165, 1.54) is 38.5 Å². The smallest absolute Gasteiger partial charge is 0.161 e. The largest absolute Gasteiger partial charge is 0.389 e.